The fourth-order valence-electron chi connectivity index (χ4n) is 2.67. The highest BCUT2D eigenvalue weighted by Crippen LogP contribution is 2.35. The molecule has 1 aromatic heterocycles. The summed E-state index contributed by atoms with van der Waals surface area (Å²) in [5.41, 5.74) is 0.420. The van der Waals surface area contributed by atoms with Gasteiger partial charge in [0.15, 0.2) is 5.82 Å². The fraction of sp³-hybridized carbons (Fsp3) is 0.846. The lowest BCUT2D eigenvalue weighted by Gasteiger charge is -2.39. The normalized spacial score (nSPS) is 23.8. The van der Waals surface area contributed by atoms with E-state index in [1.54, 1.807) is 0 Å². The average molecular weight is 237 g/mol. The average Bonchev–Trinajstić information content (AvgIpc) is 2.67. The van der Waals surface area contributed by atoms with Gasteiger partial charge in [0.05, 0.1) is 0 Å². The molecule has 1 unspecified atom stereocenters. The Balaban J connectivity index is 1.77. The summed E-state index contributed by atoms with van der Waals surface area (Å²) < 4.78 is 5.10. The molecule has 0 saturated heterocycles. The molecule has 1 N–H and O–H groups in total. The monoisotopic (exact) mass is 237 g/mol. The maximum Gasteiger partial charge on any atom is 0.227 e. The van der Waals surface area contributed by atoms with Gasteiger partial charge >= 0.3 is 0 Å². The summed E-state index contributed by atoms with van der Waals surface area (Å²) in [7, 11) is 0. The Hall–Kier alpha value is -0.900. The van der Waals surface area contributed by atoms with Crippen LogP contribution in [0.4, 0.5) is 0 Å². The highest BCUT2D eigenvalue weighted by molar-refractivity contribution is 4.89. The zero-order valence-electron chi connectivity index (χ0n) is 11.1. The summed E-state index contributed by atoms with van der Waals surface area (Å²) in [6.45, 7) is 7.50. The largest absolute Gasteiger partial charge is 0.339 e. The summed E-state index contributed by atoms with van der Waals surface area (Å²) in [6, 6.07) is 0.625. The predicted octanol–water partition coefficient (Wildman–Crippen LogP) is 2.48. The van der Waals surface area contributed by atoms with Gasteiger partial charge in [-0.2, -0.15) is 4.98 Å². The maximum absolute atomic E-state index is 5.10. The molecule has 0 amide bonds. The summed E-state index contributed by atoms with van der Waals surface area (Å²) >= 11 is 0. The SMILES string of the molecule is Cc1noc(CCNC2CCCCC2(C)C)n1. The van der Waals surface area contributed by atoms with E-state index in [1.165, 1.54) is 25.7 Å². The third kappa shape index (κ3) is 3.28. The van der Waals surface area contributed by atoms with Gasteiger partial charge < -0.3 is 9.84 Å². The van der Waals surface area contributed by atoms with Crippen LogP contribution in [0, 0.1) is 12.3 Å². The Morgan fingerprint density at radius 3 is 2.88 bits per heavy atom. The van der Waals surface area contributed by atoms with Crippen LogP contribution in [0.1, 0.15) is 51.2 Å². The molecule has 2 rings (SSSR count). The first-order chi connectivity index (χ1) is 8.08. The van der Waals surface area contributed by atoms with Crippen molar-refractivity contribution in [1.82, 2.24) is 15.5 Å². The molecule has 1 fully saturated rings. The number of nitrogens with zero attached hydrogens (tertiary/aromatic N) is 2. The molecule has 1 saturated carbocycles. The Kier molecular flexibility index (Phi) is 3.82. The number of nitrogens with one attached hydrogen (secondary N) is 1. The molecule has 4 heteroatoms. The van der Waals surface area contributed by atoms with Crippen LogP contribution in [-0.2, 0) is 6.42 Å². The van der Waals surface area contributed by atoms with Crippen molar-refractivity contribution in [2.45, 2.75) is 58.9 Å². The zero-order valence-corrected chi connectivity index (χ0v) is 11.1. The van der Waals surface area contributed by atoms with Crippen LogP contribution in [-0.4, -0.2) is 22.7 Å². The van der Waals surface area contributed by atoms with Crippen LogP contribution >= 0.6 is 0 Å². The Bertz CT molecular complexity index is 359. The molecule has 0 radical (unpaired) electrons. The zero-order chi connectivity index (χ0) is 12.3. The van der Waals surface area contributed by atoms with Gasteiger partial charge in [-0.15, -0.1) is 0 Å². The molecule has 0 spiro atoms. The van der Waals surface area contributed by atoms with Crippen molar-refractivity contribution in [3.63, 3.8) is 0 Å². The molecule has 1 atom stereocenters. The van der Waals surface area contributed by atoms with Crippen LogP contribution in [0.15, 0.2) is 4.52 Å². The first-order valence-corrected chi connectivity index (χ1v) is 6.60. The quantitative estimate of drug-likeness (QED) is 0.874. The van der Waals surface area contributed by atoms with E-state index in [-0.39, 0.29) is 0 Å². The highest BCUT2D eigenvalue weighted by atomic mass is 16.5. The van der Waals surface area contributed by atoms with Crippen LogP contribution in [0.5, 0.6) is 0 Å². The third-order valence-corrected chi connectivity index (χ3v) is 3.81. The molecule has 1 aliphatic carbocycles. The standard InChI is InChI=1S/C13H23N3O/c1-10-15-12(17-16-10)7-9-14-11-6-4-5-8-13(11,2)3/h11,14H,4-9H2,1-3H3. The molecule has 0 aliphatic heterocycles. The van der Waals surface area contributed by atoms with Gasteiger partial charge in [-0.3, -0.25) is 0 Å². The molecule has 0 aromatic carbocycles. The van der Waals surface area contributed by atoms with Crippen molar-refractivity contribution in [3.05, 3.63) is 11.7 Å². The second-order valence-electron chi connectivity index (χ2n) is 5.73. The van der Waals surface area contributed by atoms with Crippen molar-refractivity contribution < 1.29 is 4.52 Å². The minimum atomic E-state index is 0.420. The first kappa shape index (κ1) is 12.6. The molecular formula is C13H23N3O. The van der Waals surface area contributed by atoms with Gasteiger partial charge in [-0.25, -0.2) is 0 Å². The molecular weight excluding hydrogens is 214 g/mol. The second kappa shape index (κ2) is 5.17. The van der Waals surface area contributed by atoms with E-state index < -0.39 is 0 Å². The minimum absolute atomic E-state index is 0.420. The number of aryl methyl sites for hydroxylation is 1. The van der Waals surface area contributed by atoms with Crippen molar-refractivity contribution >= 4 is 0 Å². The number of hydrogen-bond acceptors (Lipinski definition) is 4. The van der Waals surface area contributed by atoms with Gasteiger partial charge in [0.1, 0.15) is 0 Å². The molecule has 1 aromatic rings. The van der Waals surface area contributed by atoms with Crippen LogP contribution in [0.2, 0.25) is 0 Å². The van der Waals surface area contributed by atoms with Gasteiger partial charge in [0.2, 0.25) is 5.89 Å². The highest BCUT2D eigenvalue weighted by Gasteiger charge is 2.31. The topological polar surface area (TPSA) is 51.0 Å². The van der Waals surface area contributed by atoms with Gasteiger partial charge in [-0.05, 0) is 25.2 Å². The first-order valence-electron chi connectivity index (χ1n) is 6.60. The van der Waals surface area contributed by atoms with E-state index in [0.717, 1.165) is 24.7 Å². The van der Waals surface area contributed by atoms with E-state index in [2.05, 4.69) is 29.3 Å². The summed E-state index contributed by atoms with van der Waals surface area (Å²) in [5.74, 6) is 1.46. The van der Waals surface area contributed by atoms with Crippen LogP contribution in [0.3, 0.4) is 0 Å². The molecule has 96 valence electrons. The lowest BCUT2D eigenvalue weighted by molar-refractivity contribution is 0.168. The maximum atomic E-state index is 5.10. The lowest BCUT2D eigenvalue weighted by atomic mass is 9.73. The van der Waals surface area contributed by atoms with E-state index in [0.29, 0.717) is 11.5 Å². The van der Waals surface area contributed by atoms with Gasteiger partial charge in [0, 0.05) is 19.0 Å². The molecule has 4 nitrogen and oxygen atoms in total. The summed E-state index contributed by atoms with van der Waals surface area (Å²) in [5, 5.41) is 7.44. The van der Waals surface area contributed by atoms with Crippen molar-refractivity contribution in [2.24, 2.45) is 5.41 Å². The Morgan fingerprint density at radius 2 is 2.24 bits per heavy atom. The molecule has 0 bridgehead atoms. The lowest BCUT2D eigenvalue weighted by Crippen LogP contribution is -2.44. The molecule has 1 heterocycles. The fourth-order valence-corrected chi connectivity index (χ4v) is 2.67. The van der Waals surface area contributed by atoms with Crippen LogP contribution in [0.25, 0.3) is 0 Å². The third-order valence-electron chi connectivity index (χ3n) is 3.81. The summed E-state index contributed by atoms with van der Waals surface area (Å²) in [6.07, 6.45) is 6.16. The van der Waals surface area contributed by atoms with Gasteiger partial charge in [0.25, 0.3) is 0 Å². The van der Waals surface area contributed by atoms with Gasteiger partial charge in [-0.1, -0.05) is 31.8 Å². The van der Waals surface area contributed by atoms with Crippen LogP contribution < -0.4 is 5.32 Å². The molecule has 1 aliphatic rings. The minimum Gasteiger partial charge on any atom is -0.339 e. The molecule has 17 heavy (non-hydrogen) atoms. The van der Waals surface area contributed by atoms with E-state index >= 15 is 0 Å². The number of rotatable bonds is 4. The Morgan fingerprint density at radius 1 is 1.41 bits per heavy atom. The summed E-state index contributed by atoms with van der Waals surface area (Å²) in [4.78, 5) is 4.21. The van der Waals surface area contributed by atoms with Crippen molar-refractivity contribution in [3.8, 4) is 0 Å². The van der Waals surface area contributed by atoms with E-state index in [1.807, 2.05) is 6.92 Å². The smallest absolute Gasteiger partial charge is 0.227 e. The number of hydrogen-bond donors (Lipinski definition) is 1. The van der Waals surface area contributed by atoms with E-state index in [9.17, 15) is 0 Å². The predicted molar refractivity (Wildman–Crippen MR) is 66.8 cm³/mol. The van der Waals surface area contributed by atoms with Crippen molar-refractivity contribution in [1.29, 1.82) is 0 Å². The number of aromatic nitrogens is 2. The Labute approximate surface area is 103 Å². The van der Waals surface area contributed by atoms with Crippen molar-refractivity contribution in [2.75, 3.05) is 6.54 Å². The second-order valence-corrected chi connectivity index (χ2v) is 5.73. The van der Waals surface area contributed by atoms with E-state index in [4.69, 9.17) is 4.52 Å².